The van der Waals surface area contributed by atoms with E-state index in [-0.39, 0.29) is 12.5 Å². The van der Waals surface area contributed by atoms with Crippen LogP contribution >= 0.6 is 0 Å². The molecule has 114 valence electrons. The Balaban J connectivity index is 1.84. The summed E-state index contributed by atoms with van der Waals surface area (Å²) in [6.45, 7) is -0.316. The standard InChI is InChI=1S/C17H18N2O3/c1-19(2)15-10-8-14(9-11-15)18-16(20)12-22-17(21)13-6-4-3-5-7-13/h3-11H,12H2,1-2H3,(H,18,20). The zero-order chi connectivity index (χ0) is 15.9. The van der Waals surface area contributed by atoms with Crippen molar-refractivity contribution in [2.45, 2.75) is 0 Å². The predicted molar refractivity (Wildman–Crippen MR) is 86.1 cm³/mol. The van der Waals surface area contributed by atoms with Gasteiger partial charge in [-0.2, -0.15) is 0 Å². The summed E-state index contributed by atoms with van der Waals surface area (Å²) >= 11 is 0. The Morgan fingerprint density at radius 2 is 1.64 bits per heavy atom. The summed E-state index contributed by atoms with van der Waals surface area (Å²) in [6, 6.07) is 15.9. The topological polar surface area (TPSA) is 58.6 Å². The molecule has 0 saturated carbocycles. The third kappa shape index (κ3) is 4.34. The molecule has 0 aliphatic rings. The Hall–Kier alpha value is -2.82. The van der Waals surface area contributed by atoms with Gasteiger partial charge in [-0.15, -0.1) is 0 Å². The summed E-state index contributed by atoms with van der Waals surface area (Å²) < 4.78 is 4.96. The third-order valence-electron chi connectivity index (χ3n) is 3.01. The van der Waals surface area contributed by atoms with E-state index in [9.17, 15) is 9.59 Å². The van der Waals surface area contributed by atoms with Crippen molar-refractivity contribution >= 4 is 23.3 Å². The molecule has 0 aromatic heterocycles. The molecular weight excluding hydrogens is 280 g/mol. The Morgan fingerprint density at radius 1 is 1.00 bits per heavy atom. The first kappa shape index (κ1) is 15.6. The van der Waals surface area contributed by atoms with Crippen LogP contribution in [0.5, 0.6) is 0 Å². The van der Waals surface area contributed by atoms with Gasteiger partial charge in [0, 0.05) is 25.5 Å². The highest BCUT2D eigenvalue weighted by molar-refractivity contribution is 5.95. The molecule has 0 heterocycles. The molecule has 2 aromatic rings. The van der Waals surface area contributed by atoms with Gasteiger partial charge in [0.1, 0.15) is 0 Å². The second kappa shape index (κ2) is 7.26. The van der Waals surface area contributed by atoms with E-state index >= 15 is 0 Å². The van der Waals surface area contributed by atoms with E-state index in [0.717, 1.165) is 5.69 Å². The Bertz CT molecular complexity index is 637. The highest BCUT2D eigenvalue weighted by atomic mass is 16.5. The number of benzene rings is 2. The maximum Gasteiger partial charge on any atom is 0.338 e. The third-order valence-corrected chi connectivity index (χ3v) is 3.01. The van der Waals surface area contributed by atoms with Crippen LogP contribution in [0.3, 0.4) is 0 Å². The van der Waals surface area contributed by atoms with Gasteiger partial charge in [0.2, 0.25) is 0 Å². The Labute approximate surface area is 129 Å². The fourth-order valence-corrected chi connectivity index (χ4v) is 1.83. The molecule has 1 amide bonds. The smallest absolute Gasteiger partial charge is 0.338 e. The van der Waals surface area contributed by atoms with Crippen molar-refractivity contribution in [2.24, 2.45) is 0 Å². The van der Waals surface area contributed by atoms with Crippen LogP contribution in [-0.2, 0) is 9.53 Å². The number of rotatable bonds is 5. The fraction of sp³-hybridized carbons (Fsp3) is 0.176. The molecule has 22 heavy (non-hydrogen) atoms. The summed E-state index contributed by atoms with van der Waals surface area (Å²) in [5.74, 6) is -0.888. The van der Waals surface area contributed by atoms with Crippen molar-refractivity contribution in [3.63, 3.8) is 0 Å². The molecule has 1 N–H and O–H groups in total. The summed E-state index contributed by atoms with van der Waals surface area (Å²) in [6.07, 6.45) is 0. The van der Waals surface area contributed by atoms with Crippen LogP contribution in [0.25, 0.3) is 0 Å². The Kier molecular flexibility index (Phi) is 5.14. The van der Waals surface area contributed by atoms with Gasteiger partial charge in [0.05, 0.1) is 5.56 Å². The molecule has 0 spiro atoms. The zero-order valence-corrected chi connectivity index (χ0v) is 12.6. The number of hydrogen-bond donors (Lipinski definition) is 1. The van der Waals surface area contributed by atoms with Crippen molar-refractivity contribution in [3.05, 3.63) is 60.2 Å². The van der Waals surface area contributed by atoms with Crippen LogP contribution in [0.4, 0.5) is 11.4 Å². The number of nitrogens with one attached hydrogen (secondary N) is 1. The maximum absolute atomic E-state index is 11.8. The van der Waals surface area contributed by atoms with Gasteiger partial charge in [0.15, 0.2) is 6.61 Å². The maximum atomic E-state index is 11.8. The van der Waals surface area contributed by atoms with Gasteiger partial charge in [-0.1, -0.05) is 18.2 Å². The minimum atomic E-state index is -0.515. The summed E-state index contributed by atoms with van der Waals surface area (Å²) in [5, 5.41) is 2.68. The molecule has 5 nitrogen and oxygen atoms in total. The Morgan fingerprint density at radius 3 is 2.23 bits per heavy atom. The van der Waals surface area contributed by atoms with E-state index in [2.05, 4.69) is 5.32 Å². The lowest BCUT2D eigenvalue weighted by Gasteiger charge is -2.13. The van der Waals surface area contributed by atoms with Crippen molar-refractivity contribution < 1.29 is 14.3 Å². The number of esters is 1. The average Bonchev–Trinajstić information content (AvgIpc) is 2.54. The number of ether oxygens (including phenoxy) is 1. The summed E-state index contributed by atoms with van der Waals surface area (Å²) in [4.78, 5) is 25.4. The monoisotopic (exact) mass is 298 g/mol. The lowest BCUT2D eigenvalue weighted by Crippen LogP contribution is -2.21. The van der Waals surface area contributed by atoms with Crippen LogP contribution in [0.1, 0.15) is 10.4 Å². The van der Waals surface area contributed by atoms with Gasteiger partial charge in [0.25, 0.3) is 5.91 Å². The number of carbonyl (C=O) groups excluding carboxylic acids is 2. The van der Waals surface area contributed by atoms with E-state index in [1.165, 1.54) is 0 Å². The van der Waals surface area contributed by atoms with Crippen LogP contribution < -0.4 is 10.2 Å². The molecule has 0 unspecified atom stereocenters. The molecule has 0 aliphatic carbocycles. The van der Waals surface area contributed by atoms with Crippen LogP contribution in [0.15, 0.2) is 54.6 Å². The predicted octanol–water partition coefficient (Wildman–Crippen LogP) is 2.55. The van der Waals surface area contributed by atoms with Crippen molar-refractivity contribution in [2.75, 3.05) is 30.9 Å². The first-order valence-corrected chi connectivity index (χ1v) is 6.85. The van der Waals surface area contributed by atoms with Crippen LogP contribution in [-0.4, -0.2) is 32.6 Å². The molecule has 0 aliphatic heterocycles. The second-order valence-electron chi connectivity index (χ2n) is 4.93. The van der Waals surface area contributed by atoms with Crippen molar-refractivity contribution in [1.29, 1.82) is 0 Å². The number of carbonyl (C=O) groups is 2. The van der Waals surface area contributed by atoms with Gasteiger partial charge in [-0.25, -0.2) is 4.79 Å². The van der Waals surface area contributed by atoms with Crippen LogP contribution in [0, 0.1) is 0 Å². The second-order valence-corrected chi connectivity index (χ2v) is 4.93. The highest BCUT2D eigenvalue weighted by Gasteiger charge is 2.09. The molecule has 5 heteroatoms. The van der Waals surface area contributed by atoms with Gasteiger partial charge in [-0.3, -0.25) is 4.79 Å². The minimum Gasteiger partial charge on any atom is -0.452 e. The first-order valence-electron chi connectivity index (χ1n) is 6.85. The molecular formula is C17H18N2O3. The molecule has 0 radical (unpaired) electrons. The SMILES string of the molecule is CN(C)c1ccc(NC(=O)COC(=O)c2ccccc2)cc1. The number of anilines is 2. The quantitative estimate of drug-likeness (QED) is 0.862. The zero-order valence-electron chi connectivity index (χ0n) is 12.6. The lowest BCUT2D eigenvalue weighted by molar-refractivity contribution is -0.119. The molecule has 0 saturated heterocycles. The summed E-state index contributed by atoms with van der Waals surface area (Å²) in [7, 11) is 3.88. The number of amides is 1. The largest absolute Gasteiger partial charge is 0.452 e. The minimum absolute atomic E-state index is 0.316. The van der Waals surface area contributed by atoms with Gasteiger partial charge < -0.3 is 15.0 Å². The molecule has 0 fully saturated rings. The molecule has 0 atom stereocenters. The average molecular weight is 298 g/mol. The van der Waals surface area contributed by atoms with Gasteiger partial charge >= 0.3 is 5.97 Å². The number of hydrogen-bond acceptors (Lipinski definition) is 4. The van der Waals surface area contributed by atoms with E-state index in [0.29, 0.717) is 11.3 Å². The van der Waals surface area contributed by atoms with Crippen LogP contribution in [0.2, 0.25) is 0 Å². The number of nitrogens with zero attached hydrogens (tertiary/aromatic N) is 1. The molecule has 0 bridgehead atoms. The normalized spacial score (nSPS) is 9.91. The fourth-order valence-electron chi connectivity index (χ4n) is 1.83. The summed E-state index contributed by atoms with van der Waals surface area (Å²) in [5.41, 5.74) is 2.12. The van der Waals surface area contributed by atoms with E-state index in [4.69, 9.17) is 4.74 Å². The van der Waals surface area contributed by atoms with E-state index < -0.39 is 5.97 Å². The van der Waals surface area contributed by atoms with Crippen molar-refractivity contribution in [3.8, 4) is 0 Å². The first-order chi connectivity index (χ1) is 10.6. The molecule has 2 aromatic carbocycles. The lowest BCUT2D eigenvalue weighted by atomic mass is 10.2. The van der Waals surface area contributed by atoms with Gasteiger partial charge in [-0.05, 0) is 36.4 Å². The van der Waals surface area contributed by atoms with E-state index in [1.54, 1.807) is 42.5 Å². The van der Waals surface area contributed by atoms with E-state index in [1.807, 2.05) is 31.1 Å². The highest BCUT2D eigenvalue weighted by Crippen LogP contribution is 2.15. The van der Waals surface area contributed by atoms with Crippen molar-refractivity contribution in [1.82, 2.24) is 0 Å². The molecule has 2 rings (SSSR count).